The van der Waals surface area contributed by atoms with Crippen molar-refractivity contribution in [3.05, 3.63) is 11.2 Å². The lowest BCUT2D eigenvalue weighted by atomic mass is 10.4. The van der Waals surface area contributed by atoms with Crippen molar-refractivity contribution in [3.8, 4) is 10.7 Å². The summed E-state index contributed by atoms with van der Waals surface area (Å²) in [6, 6.07) is 0. The highest BCUT2D eigenvalue weighted by molar-refractivity contribution is 7.13. The Labute approximate surface area is 103 Å². The van der Waals surface area contributed by atoms with Crippen LogP contribution in [0.15, 0.2) is 5.51 Å². The number of aromatic amines is 1. The first-order valence-electron chi connectivity index (χ1n) is 5.63. The highest BCUT2D eigenvalue weighted by atomic mass is 32.1. The topological polar surface area (TPSA) is 69.7 Å². The lowest BCUT2D eigenvalue weighted by Gasteiger charge is -2.25. The second-order valence-electron chi connectivity index (χ2n) is 3.99. The maximum atomic E-state index is 4.54. The Bertz CT molecular complexity index is 498. The summed E-state index contributed by atoms with van der Waals surface area (Å²) in [5, 5.41) is 10.6. The molecule has 3 heterocycles. The lowest BCUT2D eigenvalue weighted by molar-refractivity contribution is 0.580. The van der Waals surface area contributed by atoms with Crippen molar-refractivity contribution in [1.29, 1.82) is 0 Å². The summed E-state index contributed by atoms with van der Waals surface area (Å²) in [4.78, 5) is 12.0. The average Bonchev–Trinajstić information content (AvgIpc) is 2.98. The second kappa shape index (κ2) is 4.42. The van der Waals surface area contributed by atoms with E-state index in [2.05, 4.69) is 30.4 Å². The number of hydrogen-bond acceptors (Lipinski definition) is 6. The molecular weight excluding hydrogens is 236 g/mol. The van der Waals surface area contributed by atoms with Crippen LogP contribution >= 0.6 is 11.3 Å². The van der Waals surface area contributed by atoms with Crippen LogP contribution in [0.1, 0.15) is 5.69 Å². The first-order valence-corrected chi connectivity index (χ1v) is 6.51. The molecule has 7 heteroatoms. The molecule has 2 N–H and O–H groups in total. The summed E-state index contributed by atoms with van der Waals surface area (Å²) in [6.07, 6.45) is 0. The molecule has 0 atom stereocenters. The number of anilines is 1. The molecule has 0 aliphatic carbocycles. The zero-order valence-electron chi connectivity index (χ0n) is 9.60. The number of aromatic nitrogens is 4. The third-order valence-electron chi connectivity index (χ3n) is 2.83. The van der Waals surface area contributed by atoms with E-state index in [1.807, 2.05) is 12.4 Å². The fourth-order valence-corrected chi connectivity index (χ4v) is 2.63. The lowest BCUT2D eigenvalue weighted by Crippen LogP contribution is -2.44. The van der Waals surface area contributed by atoms with E-state index in [0.717, 1.165) is 48.5 Å². The molecule has 1 aliphatic heterocycles. The van der Waals surface area contributed by atoms with Crippen LogP contribution < -0.4 is 10.2 Å². The van der Waals surface area contributed by atoms with Crippen molar-refractivity contribution < 1.29 is 0 Å². The molecule has 3 rings (SSSR count). The van der Waals surface area contributed by atoms with Gasteiger partial charge in [-0.25, -0.2) is 4.98 Å². The number of H-pyrrole nitrogens is 1. The number of aryl methyl sites for hydroxylation is 1. The van der Waals surface area contributed by atoms with Gasteiger partial charge in [-0.05, 0) is 6.92 Å². The van der Waals surface area contributed by atoms with Crippen LogP contribution in [0.25, 0.3) is 10.7 Å². The molecule has 0 saturated carbocycles. The van der Waals surface area contributed by atoms with Crippen LogP contribution in [0.4, 0.5) is 5.95 Å². The van der Waals surface area contributed by atoms with E-state index in [-0.39, 0.29) is 0 Å². The van der Waals surface area contributed by atoms with Crippen LogP contribution in [0.5, 0.6) is 0 Å². The number of piperazine rings is 1. The number of nitrogens with one attached hydrogen (secondary N) is 2. The fourth-order valence-electron chi connectivity index (χ4n) is 1.89. The molecule has 0 radical (unpaired) electrons. The Morgan fingerprint density at radius 3 is 2.88 bits per heavy atom. The molecule has 2 aromatic rings. The summed E-state index contributed by atoms with van der Waals surface area (Å²) < 4.78 is 0. The van der Waals surface area contributed by atoms with Crippen LogP contribution in [0.2, 0.25) is 0 Å². The van der Waals surface area contributed by atoms with E-state index in [1.54, 1.807) is 11.3 Å². The Morgan fingerprint density at radius 2 is 2.18 bits per heavy atom. The SMILES string of the molecule is Cc1ncsc1-c1nc(N2CCNCC2)n[nH]1. The molecular formula is C10H14N6S. The van der Waals surface area contributed by atoms with E-state index < -0.39 is 0 Å². The molecule has 0 spiro atoms. The monoisotopic (exact) mass is 250 g/mol. The highest BCUT2D eigenvalue weighted by Gasteiger charge is 2.16. The van der Waals surface area contributed by atoms with Gasteiger partial charge in [0.25, 0.3) is 0 Å². The first kappa shape index (κ1) is 10.7. The number of thiazole rings is 1. The van der Waals surface area contributed by atoms with Gasteiger partial charge in [-0.2, -0.15) is 4.98 Å². The van der Waals surface area contributed by atoms with Gasteiger partial charge in [-0.1, -0.05) is 0 Å². The van der Waals surface area contributed by atoms with Crippen LogP contribution in [0.3, 0.4) is 0 Å². The quantitative estimate of drug-likeness (QED) is 0.819. The van der Waals surface area contributed by atoms with E-state index in [1.165, 1.54) is 0 Å². The maximum absolute atomic E-state index is 4.54. The Morgan fingerprint density at radius 1 is 1.35 bits per heavy atom. The molecule has 90 valence electrons. The van der Waals surface area contributed by atoms with Crippen molar-refractivity contribution >= 4 is 17.3 Å². The van der Waals surface area contributed by atoms with Crippen molar-refractivity contribution in [3.63, 3.8) is 0 Å². The first-order chi connectivity index (χ1) is 8.34. The van der Waals surface area contributed by atoms with Gasteiger partial charge >= 0.3 is 0 Å². The van der Waals surface area contributed by atoms with Crippen LogP contribution in [0, 0.1) is 6.92 Å². The molecule has 0 amide bonds. The Balaban J connectivity index is 1.85. The molecule has 1 fully saturated rings. The standard InChI is InChI=1S/C10H14N6S/c1-7-8(17-6-12-7)9-13-10(15-14-9)16-4-2-11-3-5-16/h6,11H,2-5H2,1H3,(H,13,14,15). The third-order valence-corrected chi connectivity index (χ3v) is 3.77. The average molecular weight is 250 g/mol. The van der Waals surface area contributed by atoms with Gasteiger partial charge in [0.1, 0.15) is 0 Å². The Hall–Kier alpha value is -1.47. The minimum Gasteiger partial charge on any atom is -0.337 e. The number of rotatable bonds is 2. The van der Waals surface area contributed by atoms with Gasteiger partial charge in [0, 0.05) is 26.2 Å². The molecule has 17 heavy (non-hydrogen) atoms. The summed E-state index contributed by atoms with van der Waals surface area (Å²) in [5.74, 6) is 1.60. The van der Waals surface area contributed by atoms with E-state index >= 15 is 0 Å². The molecule has 2 aromatic heterocycles. The van der Waals surface area contributed by atoms with Crippen LogP contribution in [-0.2, 0) is 0 Å². The minimum absolute atomic E-state index is 0.786. The van der Waals surface area contributed by atoms with Gasteiger partial charge < -0.3 is 10.2 Å². The number of nitrogens with zero attached hydrogens (tertiary/aromatic N) is 4. The van der Waals surface area contributed by atoms with Crippen molar-refractivity contribution in [1.82, 2.24) is 25.5 Å². The second-order valence-corrected chi connectivity index (χ2v) is 4.84. The summed E-state index contributed by atoms with van der Waals surface area (Å²) in [6.45, 7) is 5.88. The van der Waals surface area contributed by atoms with E-state index in [4.69, 9.17) is 0 Å². The largest absolute Gasteiger partial charge is 0.337 e. The molecule has 0 bridgehead atoms. The molecule has 0 unspecified atom stereocenters. The molecule has 0 aromatic carbocycles. The van der Waals surface area contributed by atoms with Crippen LogP contribution in [-0.4, -0.2) is 46.3 Å². The molecule has 1 aliphatic rings. The van der Waals surface area contributed by atoms with Crippen molar-refractivity contribution in [2.75, 3.05) is 31.1 Å². The molecule has 1 saturated heterocycles. The zero-order valence-corrected chi connectivity index (χ0v) is 10.4. The number of hydrogen-bond donors (Lipinski definition) is 2. The summed E-state index contributed by atoms with van der Waals surface area (Å²) in [5.41, 5.74) is 2.83. The van der Waals surface area contributed by atoms with Gasteiger partial charge in [-0.3, -0.25) is 5.10 Å². The van der Waals surface area contributed by atoms with Gasteiger partial charge in [0.2, 0.25) is 5.95 Å². The maximum Gasteiger partial charge on any atom is 0.245 e. The molecule has 6 nitrogen and oxygen atoms in total. The highest BCUT2D eigenvalue weighted by Crippen LogP contribution is 2.24. The van der Waals surface area contributed by atoms with E-state index in [0.29, 0.717) is 0 Å². The van der Waals surface area contributed by atoms with Gasteiger partial charge in [-0.15, -0.1) is 16.4 Å². The minimum atomic E-state index is 0.786. The van der Waals surface area contributed by atoms with E-state index in [9.17, 15) is 0 Å². The van der Waals surface area contributed by atoms with Gasteiger partial charge in [0.05, 0.1) is 16.1 Å². The van der Waals surface area contributed by atoms with Gasteiger partial charge in [0.15, 0.2) is 5.82 Å². The predicted octanol–water partition coefficient (Wildman–Crippen LogP) is 0.646. The Kier molecular flexibility index (Phi) is 2.77. The predicted molar refractivity (Wildman–Crippen MR) is 67.3 cm³/mol. The summed E-state index contributed by atoms with van der Waals surface area (Å²) in [7, 11) is 0. The summed E-state index contributed by atoms with van der Waals surface area (Å²) >= 11 is 1.59. The van der Waals surface area contributed by atoms with Crippen molar-refractivity contribution in [2.45, 2.75) is 6.92 Å². The zero-order chi connectivity index (χ0) is 11.7. The fraction of sp³-hybridized carbons (Fsp3) is 0.500. The third kappa shape index (κ3) is 2.03. The smallest absolute Gasteiger partial charge is 0.245 e. The normalized spacial score (nSPS) is 16.4. The van der Waals surface area contributed by atoms with Crippen molar-refractivity contribution in [2.24, 2.45) is 0 Å².